The second-order valence-electron chi connectivity index (χ2n) is 4.48. The average molecular weight is 328 g/mol. The average Bonchev–Trinajstić information content (AvgIpc) is 3.13. The van der Waals surface area contributed by atoms with Crippen LogP contribution < -0.4 is 11.6 Å². The van der Waals surface area contributed by atoms with E-state index in [2.05, 4.69) is 20.9 Å². The third-order valence-corrected chi connectivity index (χ3v) is 4.32. The van der Waals surface area contributed by atoms with Gasteiger partial charge in [0, 0.05) is 16.0 Å². The molecular weight excluding hydrogens is 316 g/mol. The van der Waals surface area contributed by atoms with Crippen LogP contribution in [0.1, 0.15) is 24.6 Å². The maximum atomic E-state index is 6.02. The van der Waals surface area contributed by atoms with E-state index in [0.717, 1.165) is 34.4 Å². The highest BCUT2D eigenvalue weighted by atomic mass is 79.9. The molecule has 4 N–H and O–H groups in total. The molecule has 2 aromatic rings. The largest absolute Gasteiger partial charge is 0.382 e. The molecule has 0 aliphatic heterocycles. The molecule has 4 nitrogen and oxygen atoms in total. The quantitative estimate of drug-likeness (QED) is 0.833. The molecule has 1 saturated carbocycles. The topological polar surface area (TPSA) is 69.9 Å². The van der Waals surface area contributed by atoms with E-state index >= 15 is 0 Å². The minimum absolute atomic E-state index is 0.460. The number of hydrogen-bond acceptors (Lipinski definition) is 3. The monoisotopic (exact) mass is 326 g/mol. The lowest BCUT2D eigenvalue weighted by molar-refractivity contribution is 0.855. The Balaban J connectivity index is 2.10. The number of imidazole rings is 1. The highest BCUT2D eigenvalue weighted by Crippen LogP contribution is 2.41. The number of rotatable bonds is 2. The molecule has 0 amide bonds. The first-order valence-corrected chi connectivity index (χ1v) is 6.83. The first kappa shape index (κ1) is 11.9. The Kier molecular flexibility index (Phi) is 2.75. The standard InChI is InChI=1S/C12H12BrClN4/c13-8-5-7(3-4-9(8)14)10-11(15)18(16)12(17-10)6-1-2-6/h3-6H,1-2,15-16H2. The van der Waals surface area contributed by atoms with Gasteiger partial charge in [-0.25, -0.2) is 9.66 Å². The van der Waals surface area contributed by atoms with Gasteiger partial charge in [0.15, 0.2) is 5.82 Å². The van der Waals surface area contributed by atoms with E-state index in [0.29, 0.717) is 16.8 Å². The third-order valence-electron chi connectivity index (χ3n) is 3.11. The summed E-state index contributed by atoms with van der Waals surface area (Å²) in [5.74, 6) is 7.76. The van der Waals surface area contributed by atoms with Crippen molar-refractivity contribution < 1.29 is 0 Å². The number of benzene rings is 1. The third kappa shape index (κ3) is 1.87. The van der Waals surface area contributed by atoms with Crippen LogP contribution >= 0.6 is 27.5 Å². The Morgan fingerprint density at radius 2 is 2.11 bits per heavy atom. The molecule has 18 heavy (non-hydrogen) atoms. The number of halogens is 2. The Morgan fingerprint density at radius 3 is 2.72 bits per heavy atom. The molecule has 0 spiro atoms. The highest BCUT2D eigenvalue weighted by Gasteiger charge is 2.30. The van der Waals surface area contributed by atoms with E-state index in [1.165, 1.54) is 4.68 Å². The van der Waals surface area contributed by atoms with E-state index in [1.54, 1.807) is 0 Å². The summed E-state index contributed by atoms with van der Waals surface area (Å²) >= 11 is 9.37. The Bertz CT molecular complexity index is 619. The lowest BCUT2D eigenvalue weighted by Crippen LogP contribution is -2.14. The summed E-state index contributed by atoms with van der Waals surface area (Å²) in [6, 6.07) is 5.60. The van der Waals surface area contributed by atoms with Gasteiger partial charge in [0.2, 0.25) is 0 Å². The molecule has 0 radical (unpaired) electrons. The van der Waals surface area contributed by atoms with Gasteiger partial charge < -0.3 is 11.6 Å². The predicted molar refractivity (Wildman–Crippen MR) is 76.9 cm³/mol. The summed E-state index contributed by atoms with van der Waals surface area (Å²) in [4.78, 5) is 4.56. The lowest BCUT2D eigenvalue weighted by atomic mass is 10.1. The van der Waals surface area contributed by atoms with Gasteiger partial charge in [-0.05, 0) is 40.9 Å². The minimum Gasteiger partial charge on any atom is -0.382 e. The zero-order valence-electron chi connectivity index (χ0n) is 9.53. The van der Waals surface area contributed by atoms with Crippen LogP contribution in [0.5, 0.6) is 0 Å². The fourth-order valence-corrected chi connectivity index (χ4v) is 2.44. The van der Waals surface area contributed by atoms with Crippen molar-refractivity contribution in [1.29, 1.82) is 0 Å². The molecule has 1 aliphatic carbocycles. The van der Waals surface area contributed by atoms with Gasteiger partial charge in [-0.2, -0.15) is 0 Å². The molecule has 3 rings (SSSR count). The first-order valence-electron chi connectivity index (χ1n) is 5.66. The highest BCUT2D eigenvalue weighted by molar-refractivity contribution is 9.10. The molecule has 1 fully saturated rings. The summed E-state index contributed by atoms with van der Waals surface area (Å²) in [6.07, 6.45) is 2.27. The van der Waals surface area contributed by atoms with Gasteiger partial charge in [0.1, 0.15) is 11.5 Å². The van der Waals surface area contributed by atoms with Crippen LogP contribution in [0.3, 0.4) is 0 Å². The molecule has 1 aromatic heterocycles. The lowest BCUT2D eigenvalue weighted by Gasteiger charge is -2.02. The maximum Gasteiger partial charge on any atom is 0.150 e. The van der Waals surface area contributed by atoms with Crippen LogP contribution in [0, 0.1) is 0 Å². The summed E-state index contributed by atoms with van der Waals surface area (Å²) < 4.78 is 2.32. The molecule has 0 unspecified atom stereocenters. The van der Waals surface area contributed by atoms with Gasteiger partial charge in [-0.1, -0.05) is 17.7 Å². The zero-order valence-corrected chi connectivity index (χ0v) is 11.9. The van der Waals surface area contributed by atoms with Crippen LogP contribution in [-0.2, 0) is 0 Å². The Labute approximate surface area is 118 Å². The van der Waals surface area contributed by atoms with Crippen molar-refractivity contribution in [2.75, 3.05) is 11.6 Å². The smallest absolute Gasteiger partial charge is 0.150 e. The van der Waals surface area contributed by atoms with Crippen LogP contribution in [0.25, 0.3) is 11.3 Å². The van der Waals surface area contributed by atoms with Crippen molar-refractivity contribution in [3.05, 3.63) is 33.5 Å². The van der Waals surface area contributed by atoms with Crippen LogP contribution in [0.15, 0.2) is 22.7 Å². The second kappa shape index (κ2) is 4.17. The number of nitrogens with zero attached hydrogens (tertiary/aromatic N) is 2. The van der Waals surface area contributed by atoms with E-state index in [-0.39, 0.29) is 0 Å². The number of aromatic nitrogens is 2. The fourth-order valence-electron chi connectivity index (χ4n) is 1.95. The second-order valence-corrected chi connectivity index (χ2v) is 5.74. The van der Waals surface area contributed by atoms with Crippen LogP contribution in [0.2, 0.25) is 5.02 Å². The van der Waals surface area contributed by atoms with Crippen LogP contribution in [-0.4, -0.2) is 9.66 Å². The molecule has 0 saturated heterocycles. The minimum atomic E-state index is 0.460. The Morgan fingerprint density at radius 1 is 1.39 bits per heavy atom. The van der Waals surface area contributed by atoms with Gasteiger partial charge in [-0.15, -0.1) is 0 Å². The Hall–Kier alpha value is -1.20. The summed E-state index contributed by atoms with van der Waals surface area (Å²) in [5, 5.41) is 0.659. The van der Waals surface area contributed by atoms with Crippen molar-refractivity contribution in [3.8, 4) is 11.3 Å². The molecule has 1 aromatic carbocycles. The molecule has 0 bridgehead atoms. The summed E-state index contributed by atoms with van der Waals surface area (Å²) in [6.45, 7) is 0. The maximum absolute atomic E-state index is 6.02. The molecule has 0 atom stereocenters. The van der Waals surface area contributed by atoms with E-state index in [4.69, 9.17) is 23.2 Å². The summed E-state index contributed by atoms with van der Waals surface area (Å²) in [7, 11) is 0. The van der Waals surface area contributed by atoms with Crippen molar-refractivity contribution in [2.24, 2.45) is 0 Å². The SMILES string of the molecule is Nc1c(-c2ccc(Cl)c(Br)c2)nc(C2CC2)n1N. The van der Waals surface area contributed by atoms with Crippen molar-refractivity contribution in [2.45, 2.75) is 18.8 Å². The zero-order chi connectivity index (χ0) is 12.9. The normalized spacial score (nSPS) is 15.0. The van der Waals surface area contributed by atoms with Crippen LogP contribution in [0.4, 0.5) is 5.82 Å². The molecule has 1 heterocycles. The number of nitrogen functional groups attached to an aromatic ring is 2. The molecular formula is C12H12BrClN4. The molecule has 1 aliphatic rings. The van der Waals surface area contributed by atoms with E-state index in [1.807, 2.05) is 18.2 Å². The predicted octanol–water partition coefficient (Wildman–Crippen LogP) is 3.14. The molecule has 6 heteroatoms. The fraction of sp³-hybridized carbons (Fsp3) is 0.250. The van der Waals surface area contributed by atoms with Crippen molar-refractivity contribution in [3.63, 3.8) is 0 Å². The van der Waals surface area contributed by atoms with E-state index < -0.39 is 0 Å². The number of anilines is 1. The van der Waals surface area contributed by atoms with Gasteiger partial charge in [-0.3, -0.25) is 0 Å². The summed E-state index contributed by atoms with van der Waals surface area (Å²) in [5.41, 5.74) is 7.65. The van der Waals surface area contributed by atoms with Crippen molar-refractivity contribution >= 4 is 33.3 Å². The van der Waals surface area contributed by atoms with Crippen molar-refractivity contribution in [1.82, 2.24) is 9.66 Å². The number of hydrogen-bond donors (Lipinski definition) is 2. The van der Waals surface area contributed by atoms with Gasteiger partial charge >= 0.3 is 0 Å². The number of nitrogens with two attached hydrogens (primary N) is 2. The van der Waals surface area contributed by atoms with E-state index in [9.17, 15) is 0 Å². The first-order chi connectivity index (χ1) is 8.58. The van der Waals surface area contributed by atoms with Gasteiger partial charge in [0.05, 0.1) is 5.02 Å². The molecule has 94 valence electrons. The van der Waals surface area contributed by atoms with Gasteiger partial charge in [0.25, 0.3) is 0 Å².